The van der Waals surface area contributed by atoms with Crippen molar-refractivity contribution in [2.45, 2.75) is 43.9 Å². The molecule has 5 heteroatoms. The molecule has 0 saturated heterocycles. The highest BCUT2D eigenvalue weighted by atomic mass is 35.5. The largest absolute Gasteiger partial charge is 0.480 e. The normalized spacial score (nSPS) is 17.0. The lowest BCUT2D eigenvalue weighted by atomic mass is 9.83. The number of aliphatic carboxylic acids is 1. The standard InChI is InChI=1S/C17H22ClNO3/c1-19(2)16(20)15(17(21)22)12-8-9-13(14(18)10-12)11-6-4-3-5-7-11/h8-11,15H,3-7H2,1-2H3,(H,21,22). The van der Waals surface area contributed by atoms with E-state index < -0.39 is 17.8 Å². The van der Waals surface area contributed by atoms with Crippen molar-refractivity contribution in [3.8, 4) is 0 Å². The maximum Gasteiger partial charge on any atom is 0.320 e. The van der Waals surface area contributed by atoms with Gasteiger partial charge in [0.25, 0.3) is 0 Å². The number of hydrogen-bond acceptors (Lipinski definition) is 2. The Bertz CT molecular complexity index is 565. The Kier molecular flexibility index (Phi) is 5.46. The fourth-order valence-corrected chi connectivity index (χ4v) is 3.46. The molecule has 1 unspecified atom stereocenters. The monoisotopic (exact) mass is 323 g/mol. The number of hydrogen-bond donors (Lipinski definition) is 1. The number of benzene rings is 1. The van der Waals surface area contributed by atoms with E-state index in [4.69, 9.17) is 11.6 Å². The van der Waals surface area contributed by atoms with Crippen molar-refractivity contribution in [1.29, 1.82) is 0 Å². The molecule has 0 aliphatic heterocycles. The summed E-state index contributed by atoms with van der Waals surface area (Å²) >= 11 is 6.38. The molecule has 1 saturated carbocycles. The number of carboxylic acids is 1. The van der Waals surface area contributed by atoms with Crippen LogP contribution >= 0.6 is 11.6 Å². The molecule has 0 heterocycles. The highest BCUT2D eigenvalue weighted by Crippen LogP contribution is 2.37. The van der Waals surface area contributed by atoms with E-state index >= 15 is 0 Å². The van der Waals surface area contributed by atoms with Crippen LogP contribution in [-0.2, 0) is 9.59 Å². The molecule has 1 aliphatic carbocycles. The fourth-order valence-electron chi connectivity index (χ4n) is 3.12. The number of likely N-dealkylation sites (N-methyl/N-ethyl adjacent to an activating group) is 1. The third-order valence-corrected chi connectivity index (χ3v) is 4.66. The van der Waals surface area contributed by atoms with Gasteiger partial charge in [0.1, 0.15) is 0 Å². The lowest BCUT2D eigenvalue weighted by Gasteiger charge is -2.24. The van der Waals surface area contributed by atoms with Crippen LogP contribution in [0, 0.1) is 0 Å². The van der Waals surface area contributed by atoms with Crippen LogP contribution in [0.25, 0.3) is 0 Å². The lowest BCUT2D eigenvalue weighted by Crippen LogP contribution is -2.32. The van der Waals surface area contributed by atoms with Gasteiger partial charge in [-0.2, -0.15) is 0 Å². The number of rotatable bonds is 4. The SMILES string of the molecule is CN(C)C(=O)C(C(=O)O)c1ccc(C2CCCCC2)c(Cl)c1. The average Bonchev–Trinajstić information content (AvgIpc) is 2.48. The van der Waals surface area contributed by atoms with E-state index in [0.717, 1.165) is 18.4 Å². The first kappa shape index (κ1) is 16.8. The Morgan fingerprint density at radius 2 is 1.86 bits per heavy atom. The van der Waals surface area contributed by atoms with Crippen LogP contribution in [0.4, 0.5) is 0 Å². The highest BCUT2D eigenvalue weighted by molar-refractivity contribution is 6.31. The van der Waals surface area contributed by atoms with Gasteiger partial charge in [-0.15, -0.1) is 0 Å². The molecule has 0 radical (unpaired) electrons. The van der Waals surface area contributed by atoms with E-state index in [2.05, 4.69) is 0 Å². The predicted octanol–water partition coefficient (Wildman–Crippen LogP) is 3.64. The molecule has 0 spiro atoms. The zero-order chi connectivity index (χ0) is 16.3. The van der Waals surface area contributed by atoms with E-state index in [1.807, 2.05) is 6.07 Å². The summed E-state index contributed by atoms with van der Waals surface area (Å²) in [6, 6.07) is 5.27. The van der Waals surface area contributed by atoms with Gasteiger partial charge < -0.3 is 10.0 Å². The summed E-state index contributed by atoms with van der Waals surface area (Å²) in [4.78, 5) is 24.8. The molecule has 2 rings (SSSR count). The van der Waals surface area contributed by atoms with Crippen LogP contribution in [0.15, 0.2) is 18.2 Å². The Morgan fingerprint density at radius 1 is 1.23 bits per heavy atom. The van der Waals surface area contributed by atoms with Crippen molar-refractivity contribution < 1.29 is 14.7 Å². The Balaban J connectivity index is 2.30. The van der Waals surface area contributed by atoms with Crippen molar-refractivity contribution >= 4 is 23.5 Å². The summed E-state index contributed by atoms with van der Waals surface area (Å²) in [5, 5.41) is 9.94. The predicted molar refractivity (Wildman–Crippen MR) is 86.3 cm³/mol. The molecule has 1 atom stereocenters. The fraction of sp³-hybridized carbons (Fsp3) is 0.529. The summed E-state index contributed by atoms with van der Waals surface area (Å²) in [5.74, 6) is -2.36. The molecule has 0 aromatic heterocycles. The molecule has 1 aromatic carbocycles. The summed E-state index contributed by atoms with van der Waals surface area (Å²) in [5.41, 5.74) is 1.52. The molecular formula is C17H22ClNO3. The van der Waals surface area contributed by atoms with Crippen molar-refractivity contribution in [1.82, 2.24) is 4.90 Å². The number of carboxylic acid groups (broad SMARTS) is 1. The number of nitrogens with zero attached hydrogens (tertiary/aromatic N) is 1. The maximum atomic E-state index is 12.1. The number of amides is 1. The first-order valence-corrected chi connectivity index (χ1v) is 8.03. The highest BCUT2D eigenvalue weighted by Gasteiger charge is 2.30. The van der Waals surface area contributed by atoms with Crippen LogP contribution in [0.5, 0.6) is 0 Å². The first-order chi connectivity index (χ1) is 10.4. The zero-order valence-electron chi connectivity index (χ0n) is 13.0. The zero-order valence-corrected chi connectivity index (χ0v) is 13.8. The minimum Gasteiger partial charge on any atom is -0.480 e. The van der Waals surface area contributed by atoms with Gasteiger partial charge in [0.05, 0.1) is 0 Å². The van der Waals surface area contributed by atoms with E-state index in [1.165, 1.54) is 24.2 Å². The van der Waals surface area contributed by atoms with Crippen molar-refractivity contribution in [2.24, 2.45) is 0 Å². The van der Waals surface area contributed by atoms with E-state index in [0.29, 0.717) is 16.5 Å². The maximum absolute atomic E-state index is 12.1. The van der Waals surface area contributed by atoms with Crippen molar-refractivity contribution in [3.05, 3.63) is 34.3 Å². The number of halogens is 1. The van der Waals surface area contributed by atoms with Crippen LogP contribution in [0.1, 0.15) is 55.1 Å². The van der Waals surface area contributed by atoms with Crippen LogP contribution in [-0.4, -0.2) is 36.0 Å². The second kappa shape index (κ2) is 7.14. The summed E-state index contributed by atoms with van der Waals surface area (Å²) in [7, 11) is 3.10. The topological polar surface area (TPSA) is 57.6 Å². The Hall–Kier alpha value is -1.55. The smallest absolute Gasteiger partial charge is 0.320 e. The second-order valence-electron chi connectivity index (χ2n) is 6.12. The lowest BCUT2D eigenvalue weighted by molar-refractivity contribution is -0.145. The molecule has 1 amide bonds. The summed E-state index contributed by atoms with van der Waals surface area (Å²) in [6.07, 6.45) is 5.93. The van der Waals surface area contributed by atoms with Crippen LogP contribution in [0.3, 0.4) is 0 Å². The molecule has 1 N–H and O–H groups in total. The third-order valence-electron chi connectivity index (χ3n) is 4.34. The molecule has 1 aromatic rings. The van der Waals surface area contributed by atoms with E-state index in [-0.39, 0.29) is 0 Å². The van der Waals surface area contributed by atoms with Crippen LogP contribution < -0.4 is 0 Å². The van der Waals surface area contributed by atoms with Gasteiger partial charge in [0.15, 0.2) is 5.92 Å². The van der Waals surface area contributed by atoms with Gasteiger partial charge in [0, 0.05) is 19.1 Å². The number of carbonyl (C=O) groups is 2. The molecule has 120 valence electrons. The minimum absolute atomic E-state index is 0.441. The molecule has 22 heavy (non-hydrogen) atoms. The molecular weight excluding hydrogens is 302 g/mol. The van der Waals surface area contributed by atoms with E-state index in [1.54, 1.807) is 26.2 Å². The summed E-state index contributed by atoms with van der Waals surface area (Å²) < 4.78 is 0. The third kappa shape index (κ3) is 3.61. The van der Waals surface area contributed by atoms with Gasteiger partial charge in [-0.1, -0.05) is 43.0 Å². The van der Waals surface area contributed by atoms with Crippen molar-refractivity contribution in [3.63, 3.8) is 0 Å². The summed E-state index contributed by atoms with van der Waals surface area (Å²) in [6.45, 7) is 0. The van der Waals surface area contributed by atoms with Crippen molar-refractivity contribution in [2.75, 3.05) is 14.1 Å². The molecule has 0 bridgehead atoms. The number of carbonyl (C=O) groups excluding carboxylic acids is 1. The Labute approximate surface area is 136 Å². The van der Waals surface area contributed by atoms with Gasteiger partial charge in [-0.3, -0.25) is 9.59 Å². The average molecular weight is 324 g/mol. The van der Waals surface area contributed by atoms with Crippen LogP contribution in [0.2, 0.25) is 5.02 Å². The molecule has 4 nitrogen and oxygen atoms in total. The minimum atomic E-state index is -1.20. The molecule has 1 aliphatic rings. The van der Waals surface area contributed by atoms with Gasteiger partial charge in [0.2, 0.25) is 5.91 Å². The van der Waals surface area contributed by atoms with E-state index in [9.17, 15) is 14.7 Å². The quantitative estimate of drug-likeness (QED) is 0.860. The first-order valence-electron chi connectivity index (χ1n) is 7.65. The molecule has 1 fully saturated rings. The van der Waals surface area contributed by atoms with Gasteiger partial charge >= 0.3 is 5.97 Å². The second-order valence-corrected chi connectivity index (χ2v) is 6.53. The Morgan fingerprint density at radius 3 is 2.36 bits per heavy atom. The van der Waals surface area contributed by atoms with Gasteiger partial charge in [-0.25, -0.2) is 0 Å². The van der Waals surface area contributed by atoms with Gasteiger partial charge in [-0.05, 0) is 36.0 Å².